The van der Waals surface area contributed by atoms with Crippen molar-refractivity contribution in [2.45, 2.75) is 58.3 Å². The van der Waals surface area contributed by atoms with Crippen LogP contribution in [0.2, 0.25) is 0 Å². The van der Waals surface area contributed by atoms with Crippen LogP contribution >= 0.6 is 0 Å². The lowest BCUT2D eigenvalue weighted by Crippen LogP contribution is -2.48. The minimum Gasteiger partial charge on any atom is -0.454 e. The highest BCUT2D eigenvalue weighted by molar-refractivity contribution is 5.97. The van der Waals surface area contributed by atoms with Crippen LogP contribution in [0, 0.1) is 20.8 Å². The van der Waals surface area contributed by atoms with E-state index in [-0.39, 0.29) is 25.2 Å². The molecule has 6 nitrogen and oxygen atoms in total. The second-order valence-corrected chi connectivity index (χ2v) is 9.19. The molecule has 0 saturated heterocycles. The van der Waals surface area contributed by atoms with E-state index in [1.54, 1.807) is 11.9 Å². The van der Waals surface area contributed by atoms with Gasteiger partial charge >= 0.3 is 0 Å². The average molecular weight is 437 g/mol. The zero-order valence-electron chi connectivity index (χ0n) is 19.4. The number of carbonyl (C=O) groups is 2. The van der Waals surface area contributed by atoms with Crippen LogP contribution in [-0.2, 0) is 15.0 Å². The molecule has 2 aromatic rings. The van der Waals surface area contributed by atoms with Gasteiger partial charge in [-0.05, 0) is 62.4 Å². The van der Waals surface area contributed by atoms with Crippen molar-refractivity contribution in [3.8, 4) is 11.5 Å². The molecule has 0 bridgehead atoms. The lowest BCUT2D eigenvalue weighted by Gasteiger charge is -2.39. The van der Waals surface area contributed by atoms with Gasteiger partial charge in [0.1, 0.15) is 0 Å². The van der Waals surface area contributed by atoms with E-state index < -0.39 is 5.41 Å². The van der Waals surface area contributed by atoms with Gasteiger partial charge in [0.05, 0.1) is 12.0 Å². The van der Waals surface area contributed by atoms with Crippen LogP contribution in [0.3, 0.4) is 0 Å². The monoisotopic (exact) mass is 436 g/mol. The highest BCUT2D eigenvalue weighted by atomic mass is 16.7. The Labute approximate surface area is 189 Å². The van der Waals surface area contributed by atoms with Crippen LogP contribution in [0.1, 0.15) is 54.4 Å². The molecule has 0 atom stereocenters. The van der Waals surface area contributed by atoms with Crippen LogP contribution in [0.4, 0.5) is 5.69 Å². The number of hydrogen-bond donors (Lipinski definition) is 1. The number of nitrogens with one attached hydrogen (secondary N) is 1. The summed E-state index contributed by atoms with van der Waals surface area (Å²) >= 11 is 0. The Balaban J connectivity index is 1.53. The molecule has 1 aliphatic heterocycles. The molecule has 170 valence electrons. The molecule has 1 saturated carbocycles. The summed E-state index contributed by atoms with van der Waals surface area (Å²) in [4.78, 5) is 28.2. The first-order valence-corrected chi connectivity index (χ1v) is 11.3. The Morgan fingerprint density at radius 2 is 1.62 bits per heavy atom. The minimum atomic E-state index is -0.635. The largest absolute Gasteiger partial charge is 0.454 e. The number of benzene rings is 2. The molecule has 6 heteroatoms. The van der Waals surface area contributed by atoms with E-state index in [0.717, 1.165) is 60.0 Å². The van der Waals surface area contributed by atoms with Crippen molar-refractivity contribution >= 4 is 17.5 Å². The Kier molecular flexibility index (Phi) is 6.13. The minimum absolute atomic E-state index is 0.0106. The molecule has 2 amide bonds. The van der Waals surface area contributed by atoms with Gasteiger partial charge in [-0.15, -0.1) is 0 Å². The molecule has 32 heavy (non-hydrogen) atoms. The van der Waals surface area contributed by atoms with Gasteiger partial charge in [0.2, 0.25) is 18.6 Å². The highest BCUT2D eigenvalue weighted by Crippen LogP contribution is 2.44. The van der Waals surface area contributed by atoms with E-state index in [9.17, 15) is 9.59 Å². The molecule has 1 heterocycles. The normalized spacial score (nSPS) is 16.5. The predicted octanol–water partition coefficient (Wildman–Crippen LogP) is 4.64. The maximum absolute atomic E-state index is 13.8. The second-order valence-electron chi connectivity index (χ2n) is 9.19. The molecule has 0 unspecified atom stereocenters. The van der Waals surface area contributed by atoms with Gasteiger partial charge in [0, 0.05) is 12.7 Å². The molecule has 1 fully saturated rings. The van der Waals surface area contributed by atoms with Crippen molar-refractivity contribution in [1.29, 1.82) is 0 Å². The fourth-order valence-corrected chi connectivity index (χ4v) is 5.18. The summed E-state index contributed by atoms with van der Waals surface area (Å²) in [6.45, 7) is 6.23. The van der Waals surface area contributed by atoms with E-state index in [0.29, 0.717) is 11.5 Å². The number of rotatable bonds is 5. The molecule has 2 aliphatic rings. The third-order valence-electron chi connectivity index (χ3n) is 6.71. The van der Waals surface area contributed by atoms with Crippen LogP contribution in [0.5, 0.6) is 11.5 Å². The highest BCUT2D eigenvalue weighted by Gasteiger charge is 2.43. The molecule has 1 N–H and O–H groups in total. The Bertz CT molecular complexity index is 1020. The van der Waals surface area contributed by atoms with Crippen molar-refractivity contribution in [3.63, 3.8) is 0 Å². The number of fused-ring (bicyclic) bond motifs is 1. The van der Waals surface area contributed by atoms with Crippen molar-refractivity contribution < 1.29 is 19.1 Å². The Hall–Kier alpha value is -3.02. The predicted molar refractivity (Wildman–Crippen MR) is 124 cm³/mol. The van der Waals surface area contributed by atoms with Crippen molar-refractivity contribution in [1.82, 2.24) is 4.90 Å². The first-order valence-electron chi connectivity index (χ1n) is 11.3. The number of likely N-dealkylation sites (N-methyl/N-ethyl adjacent to an activating group) is 1. The van der Waals surface area contributed by atoms with Crippen LogP contribution in [0.25, 0.3) is 0 Å². The third kappa shape index (κ3) is 4.18. The Morgan fingerprint density at radius 1 is 0.969 bits per heavy atom. The second kappa shape index (κ2) is 8.85. The molecule has 0 spiro atoms. The SMILES string of the molecule is Cc1cc(C)c(NC(=O)CN(C)C(=O)C2(c3ccc4c(c3)OCO4)CCCCC2)c(C)c1. The molecule has 1 aliphatic carbocycles. The summed E-state index contributed by atoms with van der Waals surface area (Å²) < 4.78 is 11.0. The van der Waals surface area contributed by atoms with Crippen molar-refractivity contribution in [2.24, 2.45) is 0 Å². The number of hydrogen-bond acceptors (Lipinski definition) is 4. The summed E-state index contributed by atoms with van der Waals surface area (Å²) in [5.74, 6) is 1.20. The lowest BCUT2D eigenvalue weighted by molar-refractivity contribution is -0.139. The number of carbonyl (C=O) groups excluding carboxylic acids is 2. The van der Waals surface area contributed by atoms with Gasteiger partial charge in [-0.3, -0.25) is 9.59 Å². The summed E-state index contributed by atoms with van der Waals surface area (Å²) in [5, 5.41) is 3.01. The molecular weight excluding hydrogens is 404 g/mol. The topological polar surface area (TPSA) is 67.9 Å². The van der Waals surface area contributed by atoms with Crippen LogP contribution in [0.15, 0.2) is 30.3 Å². The zero-order valence-corrected chi connectivity index (χ0v) is 19.4. The lowest BCUT2D eigenvalue weighted by atomic mass is 9.68. The van der Waals surface area contributed by atoms with Gasteiger partial charge in [0.15, 0.2) is 11.5 Å². The van der Waals surface area contributed by atoms with Crippen LogP contribution < -0.4 is 14.8 Å². The zero-order chi connectivity index (χ0) is 22.9. The van der Waals surface area contributed by atoms with E-state index in [1.807, 2.05) is 51.1 Å². The van der Waals surface area contributed by atoms with Gasteiger partial charge in [-0.25, -0.2) is 0 Å². The molecule has 2 aromatic carbocycles. The number of aryl methyl sites for hydroxylation is 3. The first kappa shape index (κ1) is 22.2. The quantitative estimate of drug-likeness (QED) is 0.742. The summed E-state index contributed by atoms with van der Waals surface area (Å²) in [7, 11) is 1.72. The molecule has 0 radical (unpaired) electrons. The average Bonchev–Trinajstić information content (AvgIpc) is 3.24. The molecular formula is C26H32N2O4. The van der Waals surface area contributed by atoms with E-state index in [4.69, 9.17) is 9.47 Å². The van der Waals surface area contributed by atoms with Gasteiger partial charge in [-0.2, -0.15) is 0 Å². The van der Waals surface area contributed by atoms with Crippen molar-refractivity contribution in [2.75, 3.05) is 25.7 Å². The number of nitrogens with zero attached hydrogens (tertiary/aromatic N) is 1. The number of ether oxygens (including phenoxy) is 2. The maximum atomic E-state index is 13.8. The van der Waals surface area contributed by atoms with E-state index in [1.165, 1.54) is 0 Å². The maximum Gasteiger partial charge on any atom is 0.243 e. The number of anilines is 1. The summed E-state index contributed by atoms with van der Waals surface area (Å²) in [5.41, 5.74) is 4.34. The van der Waals surface area contributed by atoms with E-state index in [2.05, 4.69) is 5.32 Å². The molecule has 0 aromatic heterocycles. The number of amides is 2. The van der Waals surface area contributed by atoms with Crippen LogP contribution in [-0.4, -0.2) is 37.1 Å². The Morgan fingerprint density at radius 3 is 2.31 bits per heavy atom. The van der Waals surface area contributed by atoms with E-state index >= 15 is 0 Å². The molecule has 4 rings (SSSR count). The standard InChI is InChI=1S/C26H32N2O4/c1-17-12-18(2)24(19(3)13-17)27-23(29)15-28(4)25(30)26(10-6-5-7-11-26)20-8-9-21-22(14-20)32-16-31-21/h8-9,12-14H,5-7,10-11,15-16H2,1-4H3,(H,27,29). The van der Waals surface area contributed by atoms with Crippen molar-refractivity contribution in [3.05, 3.63) is 52.6 Å². The van der Waals surface area contributed by atoms with Gasteiger partial charge < -0.3 is 19.7 Å². The summed E-state index contributed by atoms with van der Waals surface area (Å²) in [6, 6.07) is 9.90. The van der Waals surface area contributed by atoms with Gasteiger partial charge in [-0.1, -0.05) is 43.0 Å². The fourth-order valence-electron chi connectivity index (χ4n) is 5.18. The summed E-state index contributed by atoms with van der Waals surface area (Å²) in [6.07, 6.45) is 4.64. The smallest absolute Gasteiger partial charge is 0.243 e. The first-order chi connectivity index (χ1) is 15.3. The fraction of sp³-hybridized carbons (Fsp3) is 0.462. The van der Waals surface area contributed by atoms with Gasteiger partial charge in [0.25, 0.3) is 0 Å². The third-order valence-corrected chi connectivity index (χ3v) is 6.71.